The minimum absolute atomic E-state index is 0.304. The molecule has 1 heterocycles. The molecule has 0 aliphatic heterocycles. The molecular weight excluding hydrogens is 272 g/mol. The Morgan fingerprint density at radius 3 is 2.64 bits per heavy atom. The number of nitrogens with two attached hydrogens (primary N) is 1. The summed E-state index contributed by atoms with van der Waals surface area (Å²) in [5.41, 5.74) is 8.17. The molecule has 1 atom stereocenters. The first-order chi connectivity index (χ1) is 10.6. The highest BCUT2D eigenvalue weighted by Gasteiger charge is 2.39. The van der Waals surface area contributed by atoms with Gasteiger partial charge in [0.25, 0.3) is 0 Å². The van der Waals surface area contributed by atoms with Crippen LogP contribution in [0.2, 0.25) is 0 Å². The van der Waals surface area contributed by atoms with Gasteiger partial charge in [-0.3, -0.25) is 4.68 Å². The number of rotatable bonds is 5. The Morgan fingerprint density at radius 2 is 2.00 bits per heavy atom. The van der Waals surface area contributed by atoms with Crippen LogP contribution < -0.4 is 11.1 Å². The third kappa shape index (κ3) is 3.09. The fraction of sp³-hybridized carbons (Fsp3) is 0.833. The van der Waals surface area contributed by atoms with Gasteiger partial charge in [-0.15, -0.1) is 0 Å². The maximum absolute atomic E-state index is 6.59. The number of hydrogen-bond donors (Lipinski definition) is 2. The van der Waals surface area contributed by atoms with E-state index < -0.39 is 0 Å². The smallest absolute Gasteiger partial charge is 0.0583 e. The predicted octanol–water partition coefficient (Wildman–Crippen LogP) is 3.34. The van der Waals surface area contributed by atoms with Crippen LogP contribution in [0.15, 0.2) is 12.3 Å². The van der Waals surface area contributed by atoms with Gasteiger partial charge in [0.2, 0.25) is 0 Å². The van der Waals surface area contributed by atoms with Crippen LogP contribution in [0.1, 0.15) is 76.4 Å². The zero-order valence-electron chi connectivity index (χ0n) is 14.3. The van der Waals surface area contributed by atoms with Crippen LogP contribution in [-0.4, -0.2) is 23.4 Å². The van der Waals surface area contributed by atoms with Crippen molar-refractivity contribution >= 4 is 0 Å². The molecule has 22 heavy (non-hydrogen) atoms. The van der Waals surface area contributed by atoms with Crippen molar-refractivity contribution in [1.29, 1.82) is 0 Å². The summed E-state index contributed by atoms with van der Waals surface area (Å²) in [6, 6.07) is 2.67. The van der Waals surface area contributed by atoms with Crippen LogP contribution in [0.25, 0.3) is 0 Å². The molecule has 3 N–H and O–H groups in total. The molecule has 0 aromatic carbocycles. The van der Waals surface area contributed by atoms with E-state index >= 15 is 0 Å². The Labute approximate surface area is 134 Å². The SMILES string of the molecule is CNCCC(C)(N)c1ccnn1C1CCC2(CCCC2)CC1. The Hall–Kier alpha value is -0.870. The first kappa shape index (κ1) is 16.0. The van der Waals surface area contributed by atoms with Crippen LogP contribution in [0, 0.1) is 5.41 Å². The first-order valence-electron chi connectivity index (χ1n) is 9.04. The van der Waals surface area contributed by atoms with Crippen molar-refractivity contribution in [3.05, 3.63) is 18.0 Å². The van der Waals surface area contributed by atoms with Gasteiger partial charge in [-0.1, -0.05) is 12.8 Å². The molecule has 4 heteroatoms. The third-order valence-electron chi connectivity index (χ3n) is 6.18. The van der Waals surface area contributed by atoms with E-state index in [1.165, 1.54) is 57.1 Å². The zero-order chi connectivity index (χ0) is 15.6. The van der Waals surface area contributed by atoms with Crippen LogP contribution in [0.5, 0.6) is 0 Å². The molecule has 1 aromatic rings. The van der Waals surface area contributed by atoms with Crippen molar-refractivity contribution in [2.24, 2.45) is 11.1 Å². The van der Waals surface area contributed by atoms with Crippen molar-refractivity contribution in [3.8, 4) is 0 Å². The summed E-state index contributed by atoms with van der Waals surface area (Å²) in [4.78, 5) is 0. The van der Waals surface area contributed by atoms with E-state index in [9.17, 15) is 0 Å². The lowest BCUT2D eigenvalue weighted by Gasteiger charge is -2.39. The molecule has 0 radical (unpaired) electrons. The fourth-order valence-electron chi connectivity index (χ4n) is 4.65. The van der Waals surface area contributed by atoms with Crippen LogP contribution >= 0.6 is 0 Å². The van der Waals surface area contributed by atoms with Gasteiger partial charge in [0.1, 0.15) is 0 Å². The summed E-state index contributed by atoms with van der Waals surface area (Å²) in [7, 11) is 1.98. The molecule has 2 aliphatic rings. The quantitative estimate of drug-likeness (QED) is 0.877. The van der Waals surface area contributed by atoms with Gasteiger partial charge in [-0.25, -0.2) is 0 Å². The van der Waals surface area contributed by atoms with Crippen LogP contribution in [0.3, 0.4) is 0 Å². The van der Waals surface area contributed by atoms with E-state index in [0.29, 0.717) is 11.5 Å². The van der Waals surface area contributed by atoms with Crippen molar-refractivity contribution in [2.75, 3.05) is 13.6 Å². The molecule has 4 nitrogen and oxygen atoms in total. The van der Waals surface area contributed by atoms with Crippen molar-refractivity contribution < 1.29 is 0 Å². The standard InChI is InChI=1S/C18H32N4/c1-17(19,12-14-20-2)16-7-13-21-22(16)15-5-10-18(11-6-15)8-3-4-9-18/h7,13,15,20H,3-6,8-12,14,19H2,1-2H3. The van der Waals surface area contributed by atoms with Gasteiger partial charge in [0.05, 0.1) is 17.3 Å². The number of nitrogens with zero attached hydrogens (tertiary/aromatic N) is 2. The van der Waals surface area contributed by atoms with E-state index in [-0.39, 0.29) is 5.54 Å². The van der Waals surface area contributed by atoms with E-state index in [2.05, 4.69) is 28.1 Å². The first-order valence-corrected chi connectivity index (χ1v) is 9.04. The normalized spacial score (nSPS) is 24.7. The van der Waals surface area contributed by atoms with Gasteiger partial charge in [-0.05, 0) is 76.9 Å². The van der Waals surface area contributed by atoms with Gasteiger partial charge in [0.15, 0.2) is 0 Å². The molecule has 0 amide bonds. The Morgan fingerprint density at radius 1 is 1.32 bits per heavy atom. The van der Waals surface area contributed by atoms with Crippen molar-refractivity contribution in [1.82, 2.24) is 15.1 Å². The highest BCUT2D eigenvalue weighted by molar-refractivity contribution is 5.14. The molecule has 3 rings (SSSR count). The molecule has 2 fully saturated rings. The van der Waals surface area contributed by atoms with Gasteiger partial charge < -0.3 is 11.1 Å². The third-order valence-corrected chi connectivity index (χ3v) is 6.18. The van der Waals surface area contributed by atoms with Gasteiger partial charge in [-0.2, -0.15) is 5.10 Å². The minimum Gasteiger partial charge on any atom is -0.320 e. The lowest BCUT2D eigenvalue weighted by atomic mass is 9.71. The monoisotopic (exact) mass is 304 g/mol. The van der Waals surface area contributed by atoms with Crippen molar-refractivity contribution in [2.45, 2.75) is 76.3 Å². The lowest BCUT2D eigenvalue weighted by molar-refractivity contribution is 0.147. The van der Waals surface area contributed by atoms with Crippen molar-refractivity contribution in [3.63, 3.8) is 0 Å². The molecule has 0 bridgehead atoms. The highest BCUT2D eigenvalue weighted by atomic mass is 15.3. The highest BCUT2D eigenvalue weighted by Crippen LogP contribution is 2.51. The van der Waals surface area contributed by atoms with E-state index in [1.807, 2.05) is 13.2 Å². The molecule has 1 spiro atoms. The summed E-state index contributed by atoms with van der Waals surface area (Å²) in [5, 5.41) is 7.85. The van der Waals surface area contributed by atoms with Crippen LogP contribution in [-0.2, 0) is 5.54 Å². The number of aromatic nitrogens is 2. The summed E-state index contributed by atoms with van der Waals surface area (Å²) in [6.07, 6.45) is 14.0. The second kappa shape index (κ2) is 6.32. The Bertz CT molecular complexity index is 475. The second-order valence-corrected chi connectivity index (χ2v) is 7.87. The number of nitrogens with one attached hydrogen (secondary N) is 1. The molecule has 2 aliphatic carbocycles. The summed E-state index contributed by atoms with van der Waals surface area (Å²) >= 11 is 0. The average molecular weight is 304 g/mol. The lowest BCUT2D eigenvalue weighted by Crippen LogP contribution is -2.39. The molecular formula is C18H32N4. The molecule has 1 aromatic heterocycles. The molecule has 1 unspecified atom stereocenters. The molecule has 124 valence electrons. The number of hydrogen-bond acceptors (Lipinski definition) is 3. The van der Waals surface area contributed by atoms with E-state index in [1.54, 1.807) is 0 Å². The topological polar surface area (TPSA) is 55.9 Å². The van der Waals surface area contributed by atoms with E-state index in [0.717, 1.165) is 13.0 Å². The molecule has 2 saturated carbocycles. The minimum atomic E-state index is -0.304. The predicted molar refractivity (Wildman–Crippen MR) is 90.7 cm³/mol. The maximum Gasteiger partial charge on any atom is 0.0583 e. The van der Waals surface area contributed by atoms with Gasteiger partial charge >= 0.3 is 0 Å². The van der Waals surface area contributed by atoms with Gasteiger partial charge in [0, 0.05) is 6.20 Å². The summed E-state index contributed by atoms with van der Waals surface area (Å²) < 4.78 is 2.25. The average Bonchev–Trinajstić information content (AvgIpc) is 3.16. The fourth-order valence-corrected chi connectivity index (χ4v) is 4.65. The van der Waals surface area contributed by atoms with Crippen LogP contribution in [0.4, 0.5) is 0 Å². The second-order valence-electron chi connectivity index (χ2n) is 7.87. The summed E-state index contributed by atoms with van der Waals surface area (Å²) in [6.45, 7) is 3.07. The largest absolute Gasteiger partial charge is 0.320 e. The Kier molecular flexibility index (Phi) is 4.60. The Balaban J connectivity index is 1.70. The van der Waals surface area contributed by atoms with E-state index in [4.69, 9.17) is 5.73 Å². The zero-order valence-corrected chi connectivity index (χ0v) is 14.3. The summed E-state index contributed by atoms with van der Waals surface area (Å²) in [5.74, 6) is 0. The maximum atomic E-state index is 6.59. The molecule has 0 saturated heterocycles.